The molecule has 1 heterocycles. The van der Waals surface area contributed by atoms with Gasteiger partial charge in [0.15, 0.2) is 11.0 Å². The summed E-state index contributed by atoms with van der Waals surface area (Å²) in [6.07, 6.45) is -0.243. The number of hydrogen-bond donors (Lipinski definition) is 2. The molecule has 2 amide bonds. The molecule has 0 bridgehead atoms. The zero-order chi connectivity index (χ0) is 28.0. The molecule has 9 nitrogen and oxygen atoms in total. The fraction of sp³-hybridized carbons (Fsp3) is 0.346. The second kappa shape index (κ2) is 13.1. The Morgan fingerprint density at radius 2 is 1.79 bits per heavy atom. The van der Waals surface area contributed by atoms with Crippen LogP contribution in [-0.4, -0.2) is 44.4 Å². The minimum absolute atomic E-state index is 0.0104. The number of hydrogen-bond acceptors (Lipinski definition) is 7. The van der Waals surface area contributed by atoms with Crippen LogP contribution in [0.2, 0.25) is 10.0 Å². The fourth-order valence-electron chi connectivity index (χ4n) is 3.48. The molecular weight excluding hydrogens is 549 g/mol. The van der Waals surface area contributed by atoms with Gasteiger partial charge in [-0.1, -0.05) is 54.9 Å². The van der Waals surface area contributed by atoms with Crippen LogP contribution < -0.4 is 10.6 Å². The van der Waals surface area contributed by atoms with E-state index < -0.39 is 12.0 Å². The first-order valence-corrected chi connectivity index (χ1v) is 13.6. The summed E-state index contributed by atoms with van der Waals surface area (Å²) < 4.78 is 6.95. The number of thioether (sulfide) groups is 1. The van der Waals surface area contributed by atoms with E-state index in [0.717, 1.165) is 0 Å². The predicted molar refractivity (Wildman–Crippen MR) is 149 cm³/mol. The Hall–Kier alpha value is -3.08. The van der Waals surface area contributed by atoms with Crippen LogP contribution in [0.15, 0.2) is 47.6 Å². The zero-order valence-electron chi connectivity index (χ0n) is 21.6. The molecule has 0 saturated carbocycles. The molecule has 3 aromatic rings. The minimum atomic E-state index is -0.456. The van der Waals surface area contributed by atoms with Gasteiger partial charge in [-0.25, -0.2) is 4.79 Å². The number of anilines is 1. The molecule has 0 unspecified atom stereocenters. The van der Waals surface area contributed by atoms with Crippen LogP contribution >= 0.6 is 35.0 Å². The molecular formula is C26H29Cl2N5O4S. The van der Waals surface area contributed by atoms with Crippen molar-refractivity contribution < 1.29 is 19.1 Å². The van der Waals surface area contributed by atoms with Crippen molar-refractivity contribution in [2.24, 2.45) is 13.0 Å². The van der Waals surface area contributed by atoms with Gasteiger partial charge in [-0.05, 0) is 56.2 Å². The molecule has 2 aromatic carbocycles. The van der Waals surface area contributed by atoms with Crippen LogP contribution in [0.3, 0.4) is 0 Å². The van der Waals surface area contributed by atoms with Crippen LogP contribution in [0, 0.1) is 5.92 Å². The maximum absolute atomic E-state index is 12.9. The first-order valence-electron chi connectivity index (χ1n) is 11.8. The standard InChI is InChI=1S/C26H29Cl2N5O4S/c1-14(2)22(30-24(35)19-10-9-17(27)12-20(19)28)23-31-32-26(33(23)5)38-13-21(34)29-18-8-6-7-16(11-18)25(36)37-15(3)4/h6-12,14-15,22H,13H2,1-5H3,(H,29,34)(H,30,35)/t22-/m1/s1. The molecule has 0 fully saturated rings. The summed E-state index contributed by atoms with van der Waals surface area (Å²) in [6.45, 7) is 7.44. The third-order valence-corrected chi connectivity index (χ3v) is 6.90. The van der Waals surface area contributed by atoms with Crippen LogP contribution in [0.25, 0.3) is 0 Å². The van der Waals surface area contributed by atoms with Crippen molar-refractivity contribution in [2.45, 2.75) is 45.0 Å². The van der Waals surface area contributed by atoms with Crippen molar-refractivity contribution in [1.29, 1.82) is 0 Å². The first kappa shape index (κ1) is 29.5. The number of nitrogens with one attached hydrogen (secondary N) is 2. The van der Waals surface area contributed by atoms with E-state index in [1.165, 1.54) is 17.8 Å². The highest BCUT2D eigenvalue weighted by atomic mass is 35.5. The number of benzene rings is 2. The van der Waals surface area contributed by atoms with E-state index in [1.54, 1.807) is 61.9 Å². The average molecular weight is 579 g/mol. The topological polar surface area (TPSA) is 115 Å². The summed E-state index contributed by atoms with van der Waals surface area (Å²) >= 11 is 13.3. The monoisotopic (exact) mass is 577 g/mol. The van der Waals surface area contributed by atoms with E-state index in [1.807, 2.05) is 13.8 Å². The largest absolute Gasteiger partial charge is 0.459 e. The Bertz CT molecular complexity index is 1330. The molecule has 3 rings (SSSR count). The molecule has 0 spiro atoms. The number of halogens is 2. The Labute approximate surface area is 235 Å². The van der Waals surface area contributed by atoms with E-state index in [2.05, 4.69) is 20.8 Å². The van der Waals surface area contributed by atoms with E-state index >= 15 is 0 Å². The lowest BCUT2D eigenvalue weighted by Crippen LogP contribution is -2.33. The number of ether oxygens (including phenoxy) is 1. The van der Waals surface area contributed by atoms with Crippen LogP contribution in [0.5, 0.6) is 0 Å². The Morgan fingerprint density at radius 3 is 2.45 bits per heavy atom. The predicted octanol–water partition coefficient (Wildman–Crippen LogP) is 5.55. The smallest absolute Gasteiger partial charge is 0.338 e. The molecule has 1 atom stereocenters. The number of esters is 1. The van der Waals surface area contributed by atoms with Crippen molar-refractivity contribution in [1.82, 2.24) is 20.1 Å². The average Bonchev–Trinajstić information content (AvgIpc) is 3.20. The highest BCUT2D eigenvalue weighted by molar-refractivity contribution is 7.99. The van der Waals surface area contributed by atoms with Gasteiger partial charge in [0.05, 0.1) is 34.0 Å². The lowest BCUT2D eigenvalue weighted by atomic mass is 10.0. The van der Waals surface area contributed by atoms with Gasteiger partial charge in [0.1, 0.15) is 0 Å². The Morgan fingerprint density at radius 1 is 1.05 bits per heavy atom. The van der Waals surface area contributed by atoms with Gasteiger partial charge in [-0.3, -0.25) is 9.59 Å². The number of aromatic nitrogens is 3. The second-order valence-electron chi connectivity index (χ2n) is 9.09. The van der Waals surface area contributed by atoms with Crippen molar-refractivity contribution in [3.05, 3.63) is 69.5 Å². The summed E-state index contributed by atoms with van der Waals surface area (Å²) in [7, 11) is 1.77. The molecule has 0 radical (unpaired) electrons. The summed E-state index contributed by atoms with van der Waals surface area (Å²) in [6, 6.07) is 10.8. The van der Waals surface area contributed by atoms with Gasteiger partial charge in [-0.2, -0.15) is 0 Å². The zero-order valence-corrected chi connectivity index (χ0v) is 23.9. The number of nitrogens with zero attached hydrogens (tertiary/aromatic N) is 3. The maximum atomic E-state index is 12.9. The quantitative estimate of drug-likeness (QED) is 0.240. The van der Waals surface area contributed by atoms with Gasteiger partial charge in [0, 0.05) is 17.8 Å². The molecule has 1 aromatic heterocycles. The van der Waals surface area contributed by atoms with E-state index in [9.17, 15) is 14.4 Å². The SMILES string of the molecule is CC(C)OC(=O)c1cccc(NC(=O)CSc2nnc([C@H](NC(=O)c3ccc(Cl)cc3Cl)C(C)C)n2C)c1. The molecule has 0 aliphatic heterocycles. The van der Waals surface area contributed by atoms with Crippen molar-refractivity contribution >= 4 is 58.4 Å². The first-order chi connectivity index (χ1) is 18.0. The molecule has 202 valence electrons. The fourth-order valence-corrected chi connectivity index (χ4v) is 4.69. The van der Waals surface area contributed by atoms with Crippen molar-refractivity contribution in [2.75, 3.05) is 11.1 Å². The van der Waals surface area contributed by atoms with E-state index in [4.69, 9.17) is 27.9 Å². The van der Waals surface area contributed by atoms with Crippen molar-refractivity contribution in [3.8, 4) is 0 Å². The summed E-state index contributed by atoms with van der Waals surface area (Å²) in [5.74, 6) is -0.503. The number of carbonyl (C=O) groups excluding carboxylic acids is 3. The molecule has 0 aliphatic carbocycles. The summed E-state index contributed by atoms with van der Waals surface area (Å²) in [4.78, 5) is 37.6. The van der Waals surface area contributed by atoms with Gasteiger partial charge < -0.3 is 19.9 Å². The highest BCUT2D eigenvalue weighted by Gasteiger charge is 2.26. The second-order valence-corrected chi connectivity index (χ2v) is 10.9. The number of amides is 2. The molecule has 12 heteroatoms. The highest BCUT2D eigenvalue weighted by Crippen LogP contribution is 2.26. The lowest BCUT2D eigenvalue weighted by Gasteiger charge is -2.22. The maximum Gasteiger partial charge on any atom is 0.338 e. The van der Waals surface area contributed by atoms with E-state index in [0.29, 0.717) is 32.8 Å². The minimum Gasteiger partial charge on any atom is -0.459 e. The lowest BCUT2D eigenvalue weighted by molar-refractivity contribution is -0.113. The van der Waals surface area contributed by atoms with Crippen LogP contribution in [0.4, 0.5) is 5.69 Å². The summed E-state index contributed by atoms with van der Waals surface area (Å²) in [5.41, 5.74) is 1.14. The van der Waals surface area contributed by atoms with Gasteiger partial charge in [0.25, 0.3) is 5.91 Å². The molecule has 0 saturated heterocycles. The Kier molecular flexibility index (Phi) is 10.2. The summed E-state index contributed by atoms with van der Waals surface area (Å²) in [5, 5.41) is 15.4. The van der Waals surface area contributed by atoms with Crippen LogP contribution in [0.1, 0.15) is 60.3 Å². The van der Waals surface area contributed by atoms with E-state index in [-0.39, 0.29) is 34.6 Å². The van der Waals surface area contributed by atoms with Gasteiger partial charge >= 0.3 is 5.97 Å². The van der Waals surface area contributed by atoms with Gasteiger partial charge in [0.2, 0.25) is 5.91 Å². The molecule has 38 heavy (non-hydrogen) atoms. The normalized spacial score (nSPS) is 11.9. The number of carbonyl (C=O) groups is 3. The third-order valence-electron chi connectivity index (χ3n) is 5.33. The van der Waals surface area contributed by atoms with Crippen molar-refractivity contribution in [3.63, 3.8) is 0 Å². The third kappa shape index (κ3) is 7.72. The molecule has 2 N–H and O–H groups in total. The Balaban J connectivity index is 1.65. The number of rotatable bonds is 10. The molecule has 0 aliphatic rings. The van der Waals surface area contributed by atoms with Gasteiger partial charge in [-0.15, -0.1) is 10.2 Å². The van der Waals surface area contributed by atoms with Crippen LogP contribution in [-0.2, 0) is 16.6 Å².